The minimum atomic E-state index is -0.0953. The molecule has 0 spiro atoms. The van der Waals surface area contributed by atoms with Crippen LogP contribution in [0.2, 0.25) is 0 Å². The van der Waals surface area contributed by atoms with E-state index in [1.807, 2.05) is 56.1 Å². The summed E-state index contributed by atoms with van der Waals surface area (Å²) in [6, 6.07) is 6.16. The van der Waals surface area contributed by atoms with Gasteiger partial charge in [0, 0.05) is 25.5 Å². The summed E-state index contributed by atoms with van der Waals surface area (Å²) in [6.07, 6.45) is 5.75. The van der Waals surface area contributed by atoms with Crippen LogP contribution in [0, 0.1) is 0 Å². The smallest absolute Gasteiger partial charge is 0.240 e. The number of hydrogen-bond acceptors (Lipinski definition) is 7. The lowest BCUT2D eigenvalue weighted by Gasteiger charge is -2.23. The van der Waals surface area contributed by atoms with Crippen LogP contribution in [0.3, 0.4) is 0 Å². The average Bonchev–Trinajstić information content (AvgIpc) is 3.48. The van der Waals surface area contributed by atoms with Gasteiger partial charge in [-0.2, -0.15) is 10.2 Å². The zero-order valence-electron chi connectivity index (χ0n) is 21.4. The van der Waals surface area contributed by atoms with Crippen molar-refractivity contribution >= 4 is 23.1 Å². The Morgan fingerprint density at radius 1 is 1.25 bits per heavy atom. The number of nitrogens with one attached hydrogen (secondary N) is 1. The van der Waals surface area contributed by atoms with E-state index in [-0.39, 0.29) is 18.8 Å². The Hall–Kier alpha value is -3.63. The van der Waals surface area contributed by atoms with Gasteiger partial charge in [-0.3, -0.25) is 14.7 Å². The first-order chi connectivity index (χ1) is 17.3. The highest BCUT2D eigenvalue weighted by atomic mass is 16.5. The molecule has 36 heavy (non-hydrogen) atoms. The molecule has 1 atom stereocenters. The summed E-state index contributed by atoms with van der Waals surface area (Å²) in [5.74, 6) is 1.28. The van der Waals surface area contributed by atoms with E-state index in [9.17, 15) is 5.11 Å². The largest absolute Gasteiger partial charge is 0.473 e. The Morgan fingerprint density at radius 2 is 2.08 bits per heavy atom. The van der Waals surface area contributed by atoms with Crippen molar-refractivity contribution in [2.75, 3.05) is 20.2 Å². The molecule has 4 heterocycles. The maximum Gasteiger partial charge on any atom is 0.240 e. The highest BCUT2D eigenvalue weighted by Gasteiger charge is 2.22. The number of rotatable bonds is 4. The van der Waals surface area contributed by atoms with Gasteiger partial charge >= 0.3 is 0 Å². The molecule has 2 N–H and O–H groups in total. The van der Waals surface area contributed by atoms with Crippen molar-refractivity contribution in [1.82, 2.24) is 34.7 Å². The zero-order valence-corrected chi connectivity index (χ0v) is 21.4. The lowest BCUT2D eigenvalue weighted by Crippen LogP contribution is -2.32. The number of H-pyrrole nitrogens is 1. The first-order valence-corrected chi connectivity index (χ1v) is 12.2. The van der Waals surface area contributed by atoms with Crippen molar-refractivity contribution in [2.24, 2.45) is 7.05 Å². The third-order valence-electron chi connectivity index (χ3n) is 6.22. The molecule has 1 unspecified atom stereocenters. The van der Waals surface area contributed by atoms with Crippen LogP contribution in [0.1, 0.15) is 37.7 Å². The van der Waals surface area contributed by atoms with E-state index in [0.29, 0.717) is 25.5 Å². The highest BCUT2D eigenvalue weighted by molar-refractivity contribution is 5.93. The molecule has 10 heteroatoms. The molecule has 0 radical (unpaired) electrons. The SMILES string of the molecule is CC(C)Oc1nn(CCO)c2c1/C=C/c1[nH]nc3ccc(cc13)-c1cnn(C)c1OC(C)CN(C)C2. The van der Waals surface area contributed by atoms with E-state index in [2.05, 4.69) is 40.2 Å². The van der Waals surface area contributed by atoms with Crippen LogP contribution in [0.15, 0.2) is 24.4 Å². The summed E-state index contributed by atoms with van der Waals surface area (Å²) in [7, 11) is 3.94. The normalized spacial score (nSPS) is 17.5. The topological polar surface area (TPSA) is 106 Å². The number of aromatic amines is 1. The van der Waals surface area contributed by atoms with Crippen LogP contribution in [-0.4, -0.2) is 72.2 Å². The van der Waals surface area contributed by atoms with Crippen LogP contribution < -0.4 is 9.47 Å². The molecule has 4 aromatic rings. The predicted octanol–water partition coefficient (Wildman–Crippen LogP) is 3.32. The van der Waals surface area contributed by atoms with E-state index in [1.165, 1.54) is 0 Å². The summed E-state index contributed by atoms with van der Waals surface area (Å²) in [6.45, 7) is 7.67. The van der Waals surface area contributed by atoms with Crippen LogP contribution in [0.4, 0.5) is 0 Å². The molecule has 1 aromatic carbocycles. The Bertz CT molecular complexity index is 1400. The number of aliphatic hydroxyl groups excluding tert-OH is 1. The summed E-state index contributed by atoms with van der Waals surface area (Å²) in [4.78, 5) is 2.19. The van der Waals surface area contributed by atoms with Gasteiger partial charge in [-0.1, -0.05) is 6.07 Å². The van der Waals surface area contributed by atoms with Gasteiger partial charge in [0.1, 0.15) is 6.10 Å². The van der Waals surface area contributed by atoms with E-state index >= 15 is 0 Å². The van der Waals surface area contributed by atoms with Crippen LogP contribution in [0.5, 0.6) is 11.8 Å². The standard InChI is InChI=1S/C26H33N7O3/c1-16(2)35-25-19-7-9-23-20-12-18(6-8-22(20)28-29-23)21-13-27-32(5)26(21)36-17(3)14-31(4)15-24(19)33(30-25)10-11-34/h6-9,12-13,16-17,34H,10-11,14-15H2,1-5H3,(H,28,29)/b9-7+. The van der Waals surface area contributed by atoms with Gasteiger partial charge in [0.05, 0.1) is 53.5 Å². The van der Waals surface area contributed by atoms with Gasteiger partial charge in [0.2, 0.25) is 11.8 Å². The first-order valence-electron chi connectivity index (χ1n) is 12.2. The third-order valence-corrected chi connectivity index (χ3v) is 6.22. The van der Waals surface area contributed by atoms with E-state index < -0.39 is 0 Å². The number of nitrogens with zero attached hydrogens (tertiary/aromatic N) is 6. The molecule has 0 fully saturated rings. The van der Waals surface area contributed by atoms with Crippen LogP contribution in [-0.2, 0) is 20.1 Å². The second kappa shape index (κ2) is 9.79. The number of fused-ring (bicyclic) bond motifs is 4. The molecule has 3 aromatic heterocycles. The zero-order chi connectivity index (χ0) is 25.4. The fourth-order valence-electron chi connectivity index (χ4n) is 4.65. The van der Waals surface area contributed by atoms with Crippen molar-refractivity contribution in [3.63, 3.8) is 0 Å². The number of benzene rings is 1. The number of hydrogen-bond donors (Lipinski definition) is 2. The highest BCUT2D eigenvalue weighted by Crippen LogP contribution is 2.34. The lowest BCUT2D eigenvalue weighted by atomic mass is 10.1. The van der Waals surface area contributed by atoms with Crippen molar-refractivity contribution in [3.8, 4) is 22.9 Å². The Kier molecular flexibility index (Phi) is 6.55. The van der Waals surface area contributed by atoms with Gasteiger partial charge in [0.25, 0.3) is 0 Å². The minimum absolute atomic E-state index is 0.0145. The molecule has 10 nitrogen and oxygen atoms in total. The quantitative estimate of drug-likeness (QED) is 0.451. The Labute approximate surface area is 210 Å². The predicted molar refractivity (Wildman–Crippen MR) is 139 cm³/mol. The number of likely N-dealkylation sites (N-methyl/N-ethyl adjacent to an activating group) is 1. The molecule has 0 saturated carbocycles. The molecular formula is C26H33N7O3. The summed E-state index contributed by atoms with van der Waals surface area (Å²) in [5.41, 5.74) is 5.56. The van der Waals surface area contributed by atoms with Gasteiger partial charge < -0.3 is 14.6 Å². The molecule has 1 aliphatic rings. The van der Waals surface area contributed by atoms with Crippen LogP contribution in [0.25, 0.3) is 34.2 Å². The Morgan fingerprint density at radius 3 is 2.86 bits per heavy atom. The number of aryl methyl sites for hydroxylation is 1. The molecule has 0 saturated heterocycles. The molecule has 0 aliphatic carbocycles. The van der Waals surface area contributed by atoms with Gasteiger partial charge in [0.15, 0.2) is 0 Å². The van der Waals surface area contributed by atoms with Gasteiger partial charge in [-0.15, -0.1) is 5.10 Å². The third kappa shape index (κ3) is 4.61. The maximum absolute atomic E-state index is 9.70. The average molecular weight is 492 g/mol. The second-order valence-electron chi connectivity index (χ2n) is 9.59. The lowest BCUT2D eigenvalue weighted by molar-refractivity contribution is 0.146. The van der Waals surface area contributed by atoms with E-state index in [0.717, 1.165) is 44.9 Å². The summed E-state index contributed by atoms with van der Waals surface area (Å²) in [5, 5.41) is 27.5. The number of ether oxygens (including phenoxy) is 2. The Balaban J connectivity index is 1.69. The van der Waals surface area contributed by atoms with Crippen molar-refractivity contribution in [3.05, 3.63) is 41.3 Å². The maximum atomic E-state index is 9.70. The first kappa shape index (κ1) is 24.1. The van der Waals surface area contributed by atoms with Gasteiger partial charge in [-0.25, -0.2) is 4.68 Å². The summed E-state index contributed by atoms with van der Waals surface area (Å²) >= 11 is 0. The van der Waals surface area contributed by atoms with Gasteiger partial charge in [-0.05, 0) is 57.7 Å². The molecule has 1 aliphatic heterocycles. The van der Waals surface area contributed by atoms with Crippen molar-refractivity contribution < 1.29 is 14.6 Å². The molecule has 0 amide bonds. The molecule has 5 rings (SSSR count). The second-order valence-corrected chi connectivity index (χ2v) is 9.59. The summed E-state index contributed by atoms with van der Waals surface area (Å²) < 4.78 is 16.1. The number of aromatic nitrogens is 6. The monoisotopic (exact) mass is 491 g/mol. The fraction of sp³-hybridized carbons (Fsp3) is 0.423. The van der Waals surface area contributed by atoms with E-state index in [1.54, 1.807) is 4.68 Å². The fourth-order valence-corrected chi connectivity index (χ4v) is 4.65. The minimum Gasteiger partial charge on any atom is -0.473 e. The molecule has 2 bridgehead atoms. The van der Waals surface area contributed by atoms with Crippen molar-refractivity contribution in [1.29, 1.82) is 0 Å². The molecule has 190 valence electrons. The molecular weight excluding hydrogens is 458 g/mol. The van der Waals surface area contributed by atoms with Crippen LogP contribution >= 0.6 is 0 Å². The van der Waals surface area contributed by atoms with E-state index in [4.69, 9.17) is 14.6 Å². The van der Waals surface area contributed by atoms with Crippen molar-refractivity contribution in [2.45, 2.75) is 46.1 Å². The number of aliphatic hydroxyl groups is 1.